The van der Waals surface area contributed by atoms with Crippen LogP contribution in [-0.2, 0) is 22.8 Å². The minimum Gasteiger partial charge on any atom is -0.502 e. The first kappa shape index (κ1) is 18.6. The van der Waals surface area contributed by atoms with E-state index in [1.165, 1.54) is 31.9 Å². The van der Waals surface area contributed by atoms with Crippen LogP contribution in [0.2, 0.25) is 0 Å². The fourth-order valence-electron chi connectivity index (χ4n) is 2.90. The van der Waals surface area contributed by atoms with E-state index in [9.17, 15) is 0 Å². The molecule has 1 aliphatic rings. The first-order valence-corrected chi connectivity index (χ1v) is 9.41. The fourth-order valence-corrected chi connectivity index (χ4v) is 4.70. The van der Waals surface area contributed by atoms with Crippen LogP contribution in [0.25, 0.3) is 0 Å². The molecule has 0 aliphatic heterocycles. The third-order valence-electron chi connectivity index (χ3n) is 4.35. The lowest BCUT2D eigenvalue weighted by Gasteiger charge is -2.32. The zero-order valence-corrected chi connectivity index (χ0v) is 14.8. The van der Waals surface area contributed by atoms with Crippen molar-refractivity contribution in [1.29, 1.82) is 0 Å². The molecule has 1 aliphatic carbocycles. The SMILES string of the molecule is C=COCC1CCC(COC(C)[Si](OC)(OC)OC)CC1. The molecule has 1 atom stereocenters. The summed E-state index contributed by atoms with van der Waals surface area (Å²) in [6, 6.07) is 0. The second-order valence-electron chi connectivity index (χ2n) is 5.58. The summed E-state index contributed by atoms with van der Waals surface area (Å²) in [6.45, 7) is 7.08. The van der Waals surface area contributed by atoms with Gasteiger partial charge in [-0.2, -0.15) is 0 Å². The lowest BCUT2D eigenvalue weighted by atomic mass is 9.83. The van der Waals surface area contributed by atoms with Crippen molar-refractivity contribution in [3.8, 4) is 0 Å². The number of hydrogen-bond acceptors (Lipinski definition) is 5. The van der Waals surface area contributed by atoms with Gasteiger partial charge in [-0.25, -0.2) is 0 Å². The van der Waals surface area contributed by atoms with Crippen LogP contribution in [-0.4, -0.2) is 49.1 Å². The van der Waals surface area contributed by atoms with Gasteiger partial charge >= 0.3 is 8.80 Å². The Hall–Kier alpha value is -0.403. The Morgan fingerprint density at radius 3 is 1.90 bits per heavy atom. The van der Waals surface area contributed by atoms with E-state index < -0.39 is 8.80 Å². The van der Waals surface area contributed by atoms with Gasteiger partial charge in [0, 0.05) is 27.9 Å². The third-order valence-corrected chi connectivity index (χ3v) is 7.22. The second kappa shape index (κ2) is 9.58. The summed E-state index contributed by atoms with van der Waals surface area (Å²) in [4.78, 5) is 0. The summed E-state index contributed by atoms with van der Waals surface area (Å²) in [6.07, 6.45) is 6.27. The molecule has 1 rings (SSSR count). The molecule has 0 aromatic heterocycles. The molecule has 0 spiro atoms. The van der Waals surface area contributed by atoms with Crippen molar-refractivity contribution < 1.29 is 22.8 Å². The molecule has 1 saturated carbocycles. The molecule has 0 aromatic carbocycles. The maximum absolute atomic E-state index is 5.98. The molecule has 0 aromatic rings. The highest BCUT2D eigenvalue weighted by Crippen LogP contribution is 2.30. The Bertz CT molecular complexity index is 280. The lowest BCUT2D eigenvalue weighted by molar-refractivity contribution is -0.000714. The van der Waals surface area contributed by atoms with Gasteiger partial charge in [-0.3, -0.25) is 0 Å². The maximum atomic E-state index is 5.98. The van der Waals surface area contributed by atoms with Crippen molar-refractivity contribution in [2.45, 2.75) is 38.3 Å². The van der Waals surface area contributed by atoms with E-state index in [1.807, 2.05) is 6.92 Å². The number of hydrogen-bond donors (Lipinski definition) is 0. The van der Waals surface area contributed by atoms with E-state index in [1.54, 1.807) is 21.3 Å². The highest BCUT2D eigenvalue weighted by atomic mass is 28.4. The van der Waals surface area contributed by atoms with Gasteiger partial charge in [0.1, 0.15) is 5.73 Å². The van der Waals surface area contributed by atoms with Gasteiger partial charge in [0.25, 0.3) is 0 Å². The Morgan fingerprint density at radius 1 is 1.00 bits per heavy atom. The zero-order chi connectivity index (χ0) is 15.7. The normalized spacial score (nSPS) is 24.6. The van der Waals surface area contributed by atoms with Crippen LogP contribution < -0.4 is 0 Å². The predicted molar refractivity (Wildman–Crippen MR) is 83.8 cm³/mol. The first-order chi connectivity index (χ1) is 10.1. The van der Waals surface area contributed by atoms with Crippen LogP contribution in [0.5, 0.6) is 0 Å². The van der Waals surface area contributed by atoms with E-state index >= 15 is 0 Å². The van der Waals surface area contributed by atoms with Crippen LogP contribution in [0, 0.1) is 11.8 Å². The summed E-state index contributed by atoms with van der Waals surface area (Å²) < 4.78 is 27.6. The molecule has 21 heavy (non-hydrogen) atoms. The Labute approximate surface area is 129 Å². The quantitative estimate of drug-likeness (QED) is 0.458. The van der Waals surface area contributed by atoms with Crippen molar-refractivity contribution in [2.75, 3.05) is 34.5 Å². The van der Waals surface area contributed by atoms with Crippen molar-refractivity contribution in [3.05, 3.63) is 12.8 Å². The molecule has 0 heterocycles. The Balaban J connectivity index is 2.31. The molecular formula is C15H30O5Si. The summed E-state index contributed by atoms with van der Waals surface area (Å²) >= 11 is 0. The molecule has 0 radical (unpaired) electrons. The molecule has 1 unspecified atom stereocenters. The topological polar surface area (TPSA) is 46.2 Å². The maximum Gasteiger partial charge on any atom is 0.530 e. The van der Waals surface area contributed by atoms with Crippen LogP contribution in [0.3, 0.4) is 0 Å². The smallest absolute Gasteiger partial charge is 0.502 e. The molecule has 0 bridgehead atoms. The molecule has 124 valence electrons. The summed E-state index contributed by atoms with van der Waals surface area (Å²) in [7, 11) is 2.16. The van der Waals surface area contributed by atoms with Gasteiger partial charge in [-0.05, 0) is 44.4 Å². The molecule has 0 saturated heterocycles. The van der Waals surface area contributed by atoms with Gasteiger partial charge < -0.3 is 22.8 Å². The van der Waals surface area contributed by atoms with Crippen LogP contribution in [0.15, 0.2) is 12.8 Å². The Morgan fingerprint density at radius 2 is 1.48 bits per heavy atom. The van der Waals surface area contributed by atoms with Gasteiger partial charge in [0.15, 0.2) is 0 Å². The van der Waals surface area contributed by atoms with Crippen molar-refractivity contribution >= 4 is 8.80 Å². The monoisotopic (exact) mass is 318 g/mol. The first-order valence-electron chi connectivity index (χ1n) is 7.61. The van der Waals surface area contributed by atoms with Gasteiger partial charge in [-0.15, -0.1) is 0 Å². The van der Waals surface area contributed by atoms with Crippen molar-refractivity contribution in [2.24, 2.45) is 11.8 Å². The van der Waals surface area contributed by atoms with Crippen LogP contribution in [0.1, 0.15) is 32.6 Å². The number of ether oxygens (including phenoxy) is 2. The standard InChI is InChI=1S/C15H30O5Si/c1-6-19-11-14-7-9-15(10-8-14)12-20-13(2)21(16-3,17-4)18-5/h6,13-15H,1,7-12H2,2-5H3. The predicted octanol–water partition coefficient (Wildman–Crippen LogP) is 2.78. The average molecular weight is 318 g/mol. The molecule has 6 heteroatoms. The van der Waals surface area contributed by atoms with E-state index in [0.717, 1.165) is 13.2 Å². The summed E-state index contributed by atoms with van der Waals surface area (Å²) in [5.74, 6) is 1.26. The summed E-state index contributed by atoms with van der Waals surface area (Å²) in [5, 5.41) is 0. The Kier molecular flexibility index (Phi) is 8.51. The molecule has 0 amide bonds. The van der Waals surface area contributed by atoms with Gasteiger partial charge in [-0.1, -0.05) is 6.58 Å². The van der Waals surface area contributed by atoms with Gasteiger partial charge in [0.05, 0.1) is 12.9 Å². The second-order valence-corrected chi connectivity index (χ2v) is 8.82. The molecule has 1 fully saturated rings. The van der Waals surface area contributed by atoms with E-state index in [0.29, 0.717) is 11.8 Å². The molecule has 0 N–H and O–H groups in total. The van der Waals surface area contributed by atoms with Crippen LogP contribution >= 0.6 is 0 Å². The zero-order valence-electron chi connectivity index (χ0n) is 13.8. The van der Waals surface area contributed by atoms with E-state index in [4.69, 9.17) is 22.8 Å². The lowest BCUT2D eigenvalue weighted by Crippen LogP contribution is -2.54. The molecule has 5 nitrogen and oxygen atoms in total. The summed E-state index contributed by atoms with van der Waals surface area (Å²) in [5.41, 5.74) is -0.153. The highest BCUT2D eigenvalue weighted by Gasteiger charge is 2.46. The minimum absolute atomic E-state index is 0.153. The average Bonchev–Trinajstić information content (AvgIpc) is 2.54. The van der Waals surface area contributed by atoms with E-state index in [-0.39, 0.29) is 5.73 Å². The van der Waals surface area contributed by atoms with E-state index in [2.05, 4.69) is 6.58 Å². The minimum atomic E-state index is -2.69. The number of rotatable bonds is 10. The van der Waals surface area contributed by atoms with Gasteiger partial charge in [0.2, 0.25) is 0 Å². The third kappa shape index (κ3) is 5.38. The largest absolute Gasteiger partial charge is 0.530 e. The highest BCUT2D eigenvalue weighted by molar-refractivity contribution is 6.61. The van der Waals surface area contributed by atoms with Crippen molar-refractivity contribution in [3.63, 3.8) is 0 Å². The van der Waals surface area contributed by atoms with Crippen LogP contribution in [0.4, 0.5) is 0 Å². The molecular weight excluding hydrogens is 288 g/mol. The fraction of sp³-hybridized carbons (Fsp3) is 0.867. The van der Waals surface area contributed by atoms with Crippen molar-refractivity contribution in [1.82, 2.24) is 0 Å².